The number of nitrogens with one attached hydrogen (secondary N) is 2. The molecule has 2 amide bonds. The van der Waals surface area contributed by atoms with Gasteiger partial charge in [0.25, 0.3) is 0 Å². The van der Waals surface area contributed by atoms with E-state index in [1.54, 1.807) is 24.4 Å². The van der Waals surface area contributed by atoms with E-state index >= 15 is 0 Å². The summed E-state index contributed by atoms with van der Waals surface area (Å²) in [6.07, 6.45) is 1.72. The quantitative estimate of drug-likeness (QED) is 0.583. The van der Waals surface area contributed by atoms with Crippen LogP contribution in [0.5, 0.6) is 0 Å². The zero-order valence-corrected chi connectivity index (χ0v) is 15.5. The lowest BCUT2D eigenvalue weighted by atomic mass is 10.0. The van der Waals surface area contributed by atoms with E-state index < -0.39 is 17.6 Å². The van der Waals surface area contributed by atoms with Crippen molar-refractivity contribution in [2.45, 2.75) is 0 Å². The number of urea groups is 1. The van der Waals surface area contributed by atoms with Crippen LogP contribution in [0.1, 0.15) is 15.9 Å². The van der Waals surface area contributed by atoms with Crippen molar-refractivity contribution in [3.05, 3.63) is 59.5 Å². The minimum Gasteiger partial charge on any atom is -0.353 e. The predicted molar refractivity (Wildman–Crippen MR) is 108 cm³/mol. The number of primary amides is 1. The van der Waals surface area contributed by atoms with Crippen LogP contribution >= 0.6 is 0 Å². The Hall–Kier alpha value is -3.59. The van der Waals surface area contributed by atoms with Gasteiger partial charge in [-0.05, 0) is 36.4 Å². The van der Waals surface area contributed by atoms with Gasteiger partial charge in [-0.15, -0.1) is 0 Å². The van der Waals surface area contributed by atoms with Crippen molar-refractivity contribution in [2.24, 2.45) is 5.73 Å². The maximum absolute atomic E-state index is 14.3. The van der Waals surface area contributed by atoms with E-state index in [0.29, 0.717) is 11.0 Å². The molecule has 0 saturated carbocycles. The number of amides is 2. The summed E-state index contributed by atoms with van der Waals surface area (Å²) < 4.78 is 14.3. The van der Waals surface area contributed by atoms with Crippen molar-refractivity contribution in [2.75, 3.05) is 36.4 Å². The lowest BCUT2D eigenvalue weighted by molar-refractivity contribution is 0.103. The van der Waals surface area contributed by atoms with Gasteiger partial charge in [0.1, 0.15) is 11.6 Å². The van der Waals surface area contributed by atoms with Crippen molar-refractivity contribution >= 4 is 34.4 Å². The molecule has 3 aromatic rings. The molecule has 1 fully saturated rings. The van der Waals surface area contributed by atoms with Crippen molar-refractivity contribution in [1.82, 2.24) is 15.3 Å². The highest BCUT2D eigenvalue weighted by Crippen LogP contribution is 2.22. The Morgan fingerprint density at radius 2 is 1.90 bits per heavy atom. The Bertz CT molecular complexity index is 1100. The van der Waals surface area contributed by atoms with Crippen LogP contribution in [0.3, 0.4) is 0 Å². The molecule has 4 N–H and O–H groups in total. The Morgan fingerprint density at radius 1 is 1.10 bits per heavy atom. The maximum atomic E-state index is 14.3. The number of piperazine rings is 1. The summed E-state index contributed by atoms with van der Waals surface area (Å²) in [5, 5.41) is 5.62. The molecule has 8 nitrogen and oxygen atoms in total. The number of fused-ring (bicyclic) bond motifs is 1. The smallest absolute Gasteiger partial charge is 0.316 e. The number of nitrogens with zero attached hydrogens (tertiary/aromatic N) is 3. The summed E-state index contributed by atoms with van der Waals surface area (Å²) in [5.41, 5.74) is 6.64. The normalized spacial score (nSPS) is 14.0. The van der Waals surface area contributed by atoms with Crippen LogP contribution in [-0.2, 0) is 0 Å². The maximum Gasteiger partial charge on any atom is 0.316 e. The number of anilines is 2. The molecule has 0 spiro atoms. The Balaban J connectivity index is 1.68. The zero-order valence-electron chi connectivity index (χ0n) is 15.5. The molecule has 0 unspecified atom stereocenters. The lowest BCUT2D eigenvalue weighted by Gasteiger charge is -2.28. The molecule has 4 rings (SSSR count). The Labute approximate surface area is 165 Å². The molecule has 0 aliphatic carbocycles. The third-order valence-corrected chi connectivity index (χ3v) is 4.71. The average molecular weight is 394 g/mol. The number of aromatic nitrogens is 2. The summed E-state index contributed by atoms with van der Waals surface area (Å²) in [7, 11) is 0. The molecule has 29 heavy (non-hydrogen) atoms. The standard InChI is InChI=1S/C20H19FN6O2/c21-15-3-2-13(25-20(22)29)10-14(15)19(28)12-1-4-16-17(9-12)26-18(11-24-16)27-7-5-23-6-8-27/h1-4,9-11,23H,5-8H2,(H3,22,25,29). The van der Waals surface area contributed by atoms with E-state index in [-0.39, 0.29) is 16.8 Å². The first-order valence-corrected chi connectivity index (χ1v) is 9.14. The lowest BCUT2D eigenvalue weighted by Crippen LogP contribution is -2.43. The van der Waals surface area contributed by atoms with Gasteiger partial charge in [-0.3, -0.25) is 9.78 Å². The van der Waals surface area contributed by atoms with E-state index in [2.05, 4.69) is 25.5 Å². The fourth-order valence-electron chi connectivity index (χ4n) is 3.26. The van der Waals surface area contributed by atoms with Gasteiger partial charge in [-0.2, -0.15) is 0 Å². The van der Waals surface area contributed by atoms with Crippen LogP contribution in [0.4, 0.5) is 20.7 Å². The SMILES string of the molecule is NC(=O)Nc1ccc(F)c(C(=O)c2ccc3ncc(N4CCNCC4)nc3c2)c1. The highest BCUT2D eigenvalue weighted by atomic mass is 19.1. The van der Waals surface area contributed by atoms with Crippen molar-refractivity contribution < 1.29 is 14.0 Å². The monoisotopic (exact) mass is 394 g/mol. The van der Waals surface area contributed by atoms with E-state index in [1.807, 2.05) is 0 Å². The van der Waals surface area contributed by atoms with Crippen LogP contribution < -0.4 is 21.3 Å². The first kappa shape index (κ1) is 18.8. The minimum atomic E-state index is -0.795. The van der Waals surface area contributed by atoms with Gasteiger partial charge in [0.2, 0.25) is 0 Å². The molecule has 0 bridgehead atoms. The van der Waals surface area contributed by atoms with Crippen molar-refractivity contribution in [1.29, 1.82) is 0 Å². The summed E-state index contributed by atoms with van der Waals surface area (Å²) >= 11 is 0. The van der Waals surface area contributed by atoms with Crippen LogP contribution in [0.15, 0.2) is 42.6 Å². The van der Waals surface area contributed by atoms with E-state index in [0.717, 1.165) is 38.1 Å². The van der Waals surface area contributed by atoms with Crippen molar-refractivity contribution in [3.63, 3.8) is 0 Å². The van der Waals surface area contributed by atoms with Gasteiger partial charge in [0.15, 0.2) is 5.78 Å². The molecule has 1 aliphatic rings. The number of rotatable bonds is 4. The topological polar surface area (TPSA) is 113 Å². The molecule has 0 atom stereocenters. The molecule has 2 heterocycles. The second-order valence-electron chi connectivity index (χ2n) is 6.68. The van der Waals surface area contributed by atoms with E-state index in [4.69, 9.17) is 5.73 Å². The third-order valence-electron chi connectivity index (χ3n) is 4.71. The molecule has 2 aromatic carbocycles. The number of nitrogens with two attached hydrogens (primary N) is 1. The summed E-state index contributed by atoms with van der Waals surface area (Å²) in [4.78, 5) is 35.1. The van der Waals surface area contributed by atoms with E-state index in [1.165, 1.54) is 12.1 Å². The largest absolute Gasteiger partial charge is 0.353 e. The number of carbonyl (C=O) groups is 2. The number of hydrogen-bond acceptors (Lipinski definition) is 6. The second kappa shape index (κ2) is 7.80. The van der Waals surface area contributed by atoms with Gasteiger partial charge in [0, 0.05) is 37.4 Å². The van der Waals surface area contributed by atoms with E-state index in [9.17, 15) is 14.0 Å². The van der Waals surface area contributed by atoms with Gasteiger partial charge in [-0.1, -0.05) is 0 Å². The van der Waals surface area contributed by atoms with Crippen molar-refractivity contribution in [3.8, 4) is 0 Å². The molecule has 1 saturated heterocycles. The van der Waals surface area contributed by atoms with Crippen LogP contribution in [0.25, 0.3) is 11.0 Å². The van der Waals surface area contributed by atoms with Gasteiger partial charge in [0.05, 0.1) is 22.8 Å². The highest BCUT2D eigenvalue weighted by molar-refractivity contribution is 6.11. The molecule has 9 heteroatoms. The number of carbonyl (C=O) groups excluding carboxylic acids is 2. The molecular formula is C20H19FN6O2. The number of ketones is 1. The Kier molecular flexibility index (Phi) is 5.05. The summed E-state index contributed by atoms with van der Waals surface area (Å²) in [6.45, 7) is 3.38. The number of benzene rings is 2. The van der Waals surface area contributed by atoms with Gasteiger partial charge >= 0.3 is 6.03 Å². The highest BCUT2D eigenvalue weighted by Gasteiger charge is 2.17. The fourth-order valence-corrected chi connectivity index (χ4v) is 3.26. The third kappa shape index (κ3) is 3.99. The van der Waals surface area contributed by atoms with Crippen LogP contribution in [-0.4, -0.2) is 48.0 Å². The fraction of sp³-hybridized carbons (Fsp3) is 0.200. The van der Waals surface area contributed by atoms with Crippen LogP contribution in [0.2, 0.25) is 0 Å². The summed E-state index contributed by atoms with van der Waals surface area (Å²) in [6, 6.07) is 7.78. The molecule has 0 radical (unpaired) electrons. The van der Waals surface area contributed by atoms with Crippen LogP contribution in [0, 0.1) is 5.82 Å². The Morgan fingerprint density at radius 3 is 2.66 bits per heavy atom. The average Bonchev–Trinajstić information content (AvgIpc) is 2.74. The first-order chi connectivity index (χ1) is 14.0. The second-order valence-corrected chi connectivity index (χ2v) is 6.68. The predicted octanol–water partition coefficient (Wildman–Crippen LogP) is 1.90. The minimum absolute atomic E-state index is 0.165. The number of halogens is 1. The molecular weight excluding hydrogens is 375 g/mol. The summed E-state index contributed by atoms with van der Waals surface area (Å²) in [5.74, 6) is -0.472. The van der Waals surface area contributed by atoms with Gasteiger partial charge in [-0.25, -0.2) is 14.2 Å². The molecule has 1 aromatic heterocycles. The first-order valence-electron chi connectivity index (χ1n) is 9.14. The number of hydrogen-bond donors (Lipinski definition) is 3. The zero-order chi connectivity index (χ0) is 20.4. The molecule has 148 valence electrons. The molecule has 1 aliphatic heterocycles. The van der Waals surface area contributed by atoms with Gasteiger partial charge < -0.3 is 21.3 Å².